The van der Waals surface area contributed by atoms with Crippen molar-refractivity contribution in [1.29, 1.82) is 0 Å². The molecule has 162 valence electrons. The number of allylic oxidation sites excluding steroid dienone is 2. The highest BCUT2D eigenvalue weighted by Gasteiger charge is 2.79. The van der Waals surface area contributed by atoms with Crippen molar-refractivity contribution in [3.63, 3.8) is 0 Å². The van der Waals surface area contributed by atoms with Gasteiger partial charge >= 0.3 is 0 Å². The van der Waals surface area contributed by atoms with E-state index < -0.39 is 11.6 Å². The summed E-state index contributed by atoms with van der Waals surface area (Å²) in [5, 5.41) is 0. The zero-order chi connectivity index (χ0) is 19.9. The monoisotopic (exact) mass is 402 g/mol. The van der Waals surface area contributed by atoms with Crippen molar-refractivity contribution < 1.29 is 18.9 Å². The normalized spacial score (nSPS) is 58.0. The Morgan fingerprint density at radius 3 is 2.31 bits per heavy atom. The fourth-order valence-electron chi connectivity index (χ4n) is 9.22. The second-order valence-corrected chi connectivity index (χ2v) is 11.2. The fraction of sp³-hybridized carbons (Fsp3) is 0.920. The Bertz CT molecular complexity index is 704. The Morgan fingerprint density at radius 1 is 0.862 bits per heavy atom. The molecule has 6 rings (SSSR count). The lowest BCUT2D eigenvalue weighted by Gasteiger charge is -2.62. The van der Waals surface area contributed by atoms with Gasteiger partial charge in [0.1, 0.15) is 0 Å². The van der Waals surface area contributed by atoms with Gasteiger partial charge in [-0.25, -0.2) is 0 Å². The molecule has 0 bridgehead atoms. The van der Waals surface area contributed by atoms with Crippen LogP contribution in [-0.2, 0) is 18.9 Å². The summed E-state index contributed by atoms with van der Waals surface area (Å²) in [5.41, 5.74) is 2.16. The van der Waals surface area contributed by atoms with Crippen molar-refractivity contribution in [1.82, 2.24) is 0 Å². The fourth-order valence-corrected chi connectivity index (χ4v) is 9.22. The van der Waals surface area contributed by atoms with Crippen LogP contribution < -0.4 is 0 Å². The molecule has 0 aromatic carbocycles. The first-order valence-electron chi connectivity index (χ1n) is 12.2. The molecule has 4 heteroatoms. The van der Waals surface area contributed by atoms with Gasteiger partial charge in [0.25, 0.3) is 0 Å². The number of hydrogen-bond acceptors (Lipinski definition) is 4. The maximum Gasteiger partial charge on any atom is 0.229 e. The van der Waals surface area contributed by atoms with Gasteiger partial charge < -0.3 is 18.9 Å². The van der Waals surface area contributed by atoms with E-state index in [9.17, 15) is 0 Å². The molecule has 6 fully saturated rings. The van der Waals surface area contributed by atoms with Crippen LogP contribution in [-0.4, -0.2) is 38.0 Å². The lowest BCUT2D eigenvalue weighted by Crippen LogP contribution is -2.69. The third kappa shape index (κ3) is 2.20. The van der Waals surface area contributed by atoms with Gasteiger partial charge in [0.2, 0.25) is 11.6 Å². The SMILES string of the molecule is C/C=C1\C[C@@H]2[C@H](CC[C@@]3(C)[C@H]2CC24OCCOC23OCCO4)[C@@]2(C)CCCCC12. The van der Waals surface area contributed by atoms with Crippen LogP contribution in [0.3, 0.4) is 0 Å². The predicted octanol–water partition coefficient (Wildman–Crippen LogP) is 5.07. The van der Waals surface area contributed by atoms with Crippen LogP contribution in [0.2, 0.25) is 0 Å². The highest BCUT2D eigenvalue weighted by atomic mass is 16.8. The van der Waals surface area contributed by atoms with Gasteiger partial charge in [0.05, 0.1) is 26.4 Å². The molecule has 0 aromatic rings. The largest absolute Gasteiger partial charge is 0.343 e. The first kappa shape index (κ1) is 19.3. The molecule has 4 saturated carbocycles. The molecule has 29 heavy (non-hydrogen) atoms. The molecule has 0 spiro atoms. The maximum absolute atomic E-state index is 6.53. The molecule has 6 aliphatic rings. The molecule has 0 amide bonds. The van der Waals surface area contributed by atoms with Crippen molar-refractivity contribution in [3.05, 3.63) is 11.6 Å². The van der Waals surface area contributed by atoms with E-state index in [-0.39, 0.29) is 5.41 Å². The summed E-state index contributed by atoms with van der Waals surface area (Å²) in [6, 6.07) is 0. The van der Waals surface area contributed by atoms with Crippen LogP contribution in [0.5, 0.6) is 0 Å². The smallest absolute Gasteiger partial charge is 0.229 e. The van der Waals surface area contributed by atoms with E-state index in [0.29, 0.717) is 43.7 Å². The number of ether oxygens (including phenoxy) is 4. The molecule has 4 aliphatic carbocycles. The van der Waals surface area contributed by atoms with E-state index in [1.807, 2.05) is 0 Å². The Balaban J connectivity index is 1.44. The van der Waals surface area contributed by atoms with Crippen LogP contribution in [0.25, 0.3) is 0 Å². The highest BCUT2D eigenvalue weighted by Crippen LogP contribution is 2.73. The van der Waals surface area contributed by atoms with Gasteiger partial charge in [0.15, 0.2) is 0 Å². The van der Waals surface area contributed by atoms with E-state index in [1.54, 1.807) is 5.57 Å². The van der Waals surface area contributed by atoms with E-state index in [0.717, 1.165) is 18.3 Å². The molecule has 4 nitrogen and oxygen atoms in total. The summed E-state index contributed by atoms with van der Waals surface area (Å²) < 4.78 is 25.9. The van der Waals surface area contributed by atoms with E-state index in [4.69, 9.17) is 18.9 Å². The molecular formula is C25H38O4. The molecule has 0 N–H and O–H groups in total. The van der Waals surface area contributed by atoms with Crippen molar-refractivity contribution in [2.75, 3.05) is 26.4 Å². The molecule has 0 aromatic heterocycles. The summed E-state index contributed by atoms with van der Waals surface area (Å²) in [7, 11) is 0. The van der Waals surface area contributed by atoms with E-state index >= 15 is 0 Å². The standard InChI is InChI=1S/C25H38O4/c1-4-17-15-18-20(22(2)9-6-5-7-19(17)22)8-10-23(3)21(18)16-24-25(23,28-13-11-26-24)29-14-12-27-24/h4,18-21H,5-16H2,1-3H3/b17-4+/t18-,19?,20+,21+,22+,23+,24?,25?/m1/s1. The number of fused-ring (bicyclic) bond motifs is 5. The lowest BCUT2D eigenvalue weighted by molar-refractivity contribution is -0.474. The summed E-state index contributed by atoms with van der Waals surface area (Å²) in [4.78, 5) is 0. The minimum Gasteiger partial charge on any atom is -0.343 e. The van der Waals surface area contributed by atoms with Crippen LogP contribution in [0.4, 0.5) is 0 Å². The molecular weight excluding hydrogens is 364 g/mol. The van der Waals surface area contributed by atoms with Crippen molar-refractivity contribution in [2.45, 2.75) is 83.7 Å². The molecule has 2 heterocycles. The van der Waals surface area contributed by atoms with Gasteiger partial charge in [-0.2, -0.15) is 0 Å². The minimum absolute atomic E-state index is 0.0360. The number of rotatable bonds is 0. The van der Waals surface area contributed by atoms with Crippen LogP contribution in [0.15, 0.2) is 11.6 Å². The van der Waals surface area contributed by atoms with Crippen LogP contribution in [0, 0.1) is 34.5 Å². The summed E-state index contributed by atoms with van der Waals surface area (Å²) in [5.74, 6) is 1.42. The van der Waals surface area contributed by atoms with Gasteiger partial charge in [-0.1, -0.05) is 38.3 Å². The van der Waals surface area contributed by atoms with E-state index in [1.165, 1.54) is 44.9 Å². The van der Waals surface area contributed by atoms with Crippen molar-refractivity contribution in [2.24, 2.45) is 34.5 Å². The molecule has 2 saturated heterocycles. The second kappa shape index (κ2) is 6.31. The van der Waals surface area contributed by atoms with Crippen LogP contribution in [0.1, 0.15) is 72.1 Å². The molecule has 0 radical (unpaired) electrons. The second-order valence-electron chi connectivity index (χ2n) is 11.2. The zero-order valence-corrected chi connectivity index (χ0v) is 18.5. The van der Waals surface area contributed by atoms with Gasteiger partial charge in [-0.3, -0.25) is 0 Å². The molecule has 6 atom stereocenters. The van der Waals surface area contributed by atoms with Crippen molar-refractivity contribution >= 4 is 0 Å². The highest BCUT2D eigenvalue weighted by molar-refractivity contribution is 5.25. The maximum atomic E-state index is 6.53. The van der Waals surface area contributed by atoms with Crippen LogP contribution >= 0.6 is 0 Å². The number of hydrogen-bond donors (Lipinski definition) is 0. The average Bonchev–Trinajstić information content (AvgIpc) is 2.99. The molecule has 2 aliphatic heterocycles. The minimum atomic E-state index is -0.716. The predicted molar refractivity (Wildman–Crippen MR) is 110 cm³/mol. The quantitative estimate of drug-likeness (QED) is 0.530. The van der Waals surface area contributed by atoms with E-state index in [2.05, 4.69) is 26.8 Å². The average molecular weight is 403 g/mol. The summed E-state index contributed by atoms with van der Waals surface area (Å²) in [6.07, 6.45) is 12.7. The Hall–Kier alpha value is -0.420. The Labute approximate surface area is 175 Å². The lowest BCUT2D eigenvalue weighted by atomic mass is 9.44. The van der Waals surface area contributed by atoms with Gasteiger partial charge in [0, 0.05) is 11.8 Å². The first-order chi connectivity index (χ1) is 14.0. The first-order valence-corrected chi connectivity index (χ1v) is 12.2. The molecule has 1 unspecified atom stereocenters. The third-order valence-electron chi connectivity index (χ3n) is 10.4. The summed E-state index contributed by atoms with van der Waals surface area (Å²) >= 11 is 0. The van der Waals surface area contributed by atoms with Crippen molar-refractivity contribution in [3.8, 4) is 0 Å². The Morgan fingerprint density at radius 2 is 1.59 bits per heavy atom. The Kier molecular flexibility index (Phi) is 4.19. The van der Waals surface area contributed by atoms with Gasteiger partial charge in [-0.05, 0) is 68.1 Å². The third-order valence-corrected chi connectivity index (χ3v) is 10.4. The zero-order valence-electron chi connectivity index (χ0n) is 18.5. The topological polar surface area (TPSA) is 36.9 Å². The summed E-state index contributed by atoms with van der Waals surface area (Å²) in [6.45, 7) is 9.79. The van der Waals surface area contributed by atoms with Gasteiger partial charge in [-0.15, -0.1) is 0 Å².